The molecule has 0 aromatic heterocycles. The number of nitrogens with two attached hydrogens (primary N) is 2. The highest BCUT2D eigenvalue weighted by Gasteiger charge is 2.30. The first-order valence-electron chi connectivity index (χ1n) is 16.1. The number of fused-ring (bicyclic) bond motifs is 3. The van der Waals surface area contributed by atoms with Gasteiger partial charge in [0.2, 0.25) is 17.7 Å². The number of amides is 4. The van der Waals surface area contributed by atoms with Crippen molar-refractivity contribution < 1.29 is 43.0 Å². The van der Waals surface area contributed by atoms with Crippen molar-refractivity contribution in [3.8, 4) is 11.1 Å². The van der Waals surface area contributed by atoms with Crippen molar-refractivity contribution in [3.05, 3.63) is 89.5 Å². The van der Waals surface area contributed by atoms with E-state index < -0.39 is 60.3 Å². The number of benzene rings is 3. The molecule has 264 valence electrons. The van der Waals surface area contributed by atoms with Gasteiger partial charge in [-0.3, -0.25) is 24.0 Å². The Balaban J connectivity index is 1.24. The van der Waals surface area contributed by atoms with Crippen molar-refractivity contribution in [2.45, 2.75) is 63.8 Å². The average molecular weight is 688 g/mol. The van der Waals surface area contributed by atoms with E-state index in [1.54, 1.807) is 31.2 Å². The molecule has 1 aliphatic carbocycles. The highest BCUT2D eigenvalue weighted by atomic mass is 16.6. The van der Waals surface area contributed by atoms with Crippen molar-refractivity contribution >= 4 is 41.4 Å². The highest BCUT2D eigenvalue weighted by molar-refractivity contribution is 6.00. The summed E-state index contributed by atoms with van der Waals surface area (Å²) in [5, 5.41) is 7.53. The molecule has 7 N–H and O–H groups in total. The number of carbonyl (C=O) groups is 6. The van der Waals surface area contributed by atoms with E-state index >= 15 is 0 Å². The summed E-state index contributed by atoms with van der Waals surface area (Å²) in [6.07, 6.45) is -1.31. The summed E-state index contributed by atoms with van der Waals surface area (Å²) in [4.78, 5) is 74.0. The lowest BCUT2D eigenvalue weighted by Gasteiger charge is -2.21. The summed E-state index contributed by atoms with van der Waals surface area (Å²) in [5.74, 6) is -3.59. The van der Waals surface area contributed by atoms with Gasteiger partial charge in [0.05, 0.1) is 13.0 Å². The van der Waals surface area contributed by atoms with Gasteiger partial charge in [0.25, 0.3) is 0 Å². The number of primary amides is 1. The Kier molecular flexibility index (Phi) is 13.0. The molecule has 0 aliphatic heterocycles. The minimum atomic E-state index is -1.34. The van der Waals surface area contributed by atoms with E-state index in [0.29, 0.717) is 11.3 Å². The van der Waals surface area contributed by atoms with E-state index in [-0.39, 0.29) is 38.6 Å². The SMILES string of the molecule is CCOC(=O)[C@H](N)CCC(=O)OCc1ccc(NC(=O)[C@H](CC(N)=O)NC(=O)[C@H](C)NC(=O)OCC2c3ccccc3-c3ccccc32)cc1. The molecule has 0 spiro atoms. The van der Waals surface area contributed by atoms with Crippen LogP contribution in [0.1, 0.15) is 55.7 Å². The molecule has 1 aliphatic rings. The van der Waals surface area contributed by atoms with Crippen LogP contribution in [0.25, 0.3) is 11.1 Å². The second kappa shape index (κ2) is 17.6. The molecular weight excluding hydrogens is 646 g/mol. The zero-order chi connectivity index (χ0) is 36.2. The molecule has 4 rings (SSSR count). The number of carbonyl (C=O) groups excluding carboxylic acids is 6. The maximum atomic E-state index is 13.0. The molecule has 0 saturated carbocycles. The number of alkyl carbamates (subject to hydrolysis) is 1. The van der Waals surface area contributed by atoms with Gasteiger partial charge in [-0.05, 0) is 60.2 Å². The smallest absolute Gasteiger partial charge is 0.407 e. The molecule has 4 amide bonds. The van der Waals surface area contributed by atoms with Gasteiger partial charge in [0.1, 0.15) is 31.3 Å². The molecule has 3 atom stereocenters. The van der Waals surface area contributed by atoms with Gasteiger partial charge in [0, 0.05) is 18.0 Å². The van der Waals surface area contributed by atoms with Crippen LogP contribution in [-0.2, 0) is 44.8 Å². The summed E-state index contributed by atoms with van der Waals surface area (Å²) in [7, 11) is 0. The van der Waals surface area contributed by atoms with Crippen LogP contribution in [0.5, 0.6) is 0 Å². The standard InChI is InChI=1S/C36H41N5O9/c1-3-48-35(46)29(37)16-17-32(43)49-19-22-12-14-23(15-13-22)40-34(45)30(18-31(38)42)41-33(44)21(2)39-36(47)50-20-28-26-10-6-4-8-24(26)25-9-5-7-11-27(25)28/h4-15,21,28-30H,3,16-20,37H2,1-2H3,(H2,38,42)(H,39,47)(H,40,45)(H,41,44)/t21-,29+,30-/m0/s1. The number of ether oxygens (including phenoxy) is 3. The summed E-state index contributed by atoms with van der Waals surface area (Å²) in [5.41, 5.74) is 16.2. The largest absolute Gasteiger partial charge is 0.465 e. The predicted molar refractivity (Wildman–Crippen MR) is 182 cm³/mol. The van der Waals surface area contributed by atoms with Crippen LogP contribution >= 0.6 is 0 Å². The third-order valence-corrected chi connectivity index (χ3v) is 7.98. The van der Waals surface area contributed by atoms with Gasteiger partial charge in [0.15, 0.2) is 0 Å². The molecule has 0 unspecified atom stereocenters. The second-order valence-electron chi connectivity index (χ2n) is 11.7. The fourth-order valence-corrected chi connectivity index (χ4v) is 5.38. The molecule has 14 heteroatoms. The van der Waals surface area contributed by atoms with E-state index in [1.165, 1.54) is 6.92 Å². The molecule has 0 bridgehead atoms. The van der Waals surface area contributed by atoms with Crippen molar-refractivity contribution in [2.24, 2.45) is 11.5 Å². The average Bonchev–Trinajstić information content (AvgIpc) is 3.42. The lowest BCUT2D eigenvalue weighted by atomic mass is 9.98. The van der Waals surface area contributed by atoms with Crippen molar-refractivity contribution in [1.82, 2.24) is 10.6 Å². The van der Waals surface area contributed by atoms with E-state index in [1.807, 2.05) is 48.5 Å². The van der Waals surface area contributed by atoms with Crippen LogP contribution < -0.4 is 27.4 Å². The summed E-state index contributed by atoms with van der Waals surface area (Å²) >= 11 is 0. The first kappa shape index (κ1) is 37.1. The van der Waals surface area contributed by atoms with Crippen LogP contribution in [0.2, 0.25) is 0 Å². The minimum Gasteiger partial charge on any atom is -0.465 e. The number of esters is 2. The number of nitrogens with one attached hydrogen (secondary N) is 3. The van der Waals surface area contributed by atoms with E-state index in [9.17, 15) is 28.8 Å². The van der Waals surface area contributed by atoms with Crippen molar-refractivity contribution in [2.75, 3.05) is 18.5 Å². The molecule has 0 radical (unpaired) electrons. The second-order valence-corrected chi connectivity index (χ2v) is 11.7. The summed E-state index contributed by atoms with van der Waals surface area (Å²) in [6.45, 7) is 3.25. The minimum absolute atomic E-state index is 0.0496. The number of hydrogen-bond acceptors (Lipinski definition) is 10. The van der Waals surface area contributed by atoms with E-state index in [2.05, 4.69) is 16.0 Å². The Labute approximate surface area is 289 Å². The van der Waals surface area contributed by atoms with Gasteiger partial charge in [-0.25, -0.2) is 4.79 Å². The van der Waals surface area contributed by atoms with Gasteiger partial charge >= 0.3 is 18.0 Å². The Morgan fingerprint density at radius 1 is 0.800 bits per heavy atom. The van der Waals surface area contributed by atoms with Crippen LogP contribution in [-0.4, -0.2) is 67.1 Å². The zero-order valence-electron chi connectivity index (χ0n) is 27.8. The van der Waals surface area contributed by atoms with Crippen molar-refractivity contribution in [3.63, 3.8) is 0 Å². The Morgan fingerprint density at radius 3 is 2.02 bits per heavy atom. The topological polar surface area (TPSA) is 218 Å². The lowest BCUT2D eigenvalue weighted by molar-refractivity contribution is -0.147. The molecule has 50 heavy (non-hydrogen) atoms. The Hall–Kier alpha value is -5.76. The van der Waals surface area contributed by atoms with Gasteiger partial charge in [-0.2, -0.15) is 0 Å². The van der Waals surface area contributed by atoms with E-state index in [0.717, 1.165) is 22.3 Å². The Morgan fingerprint density at radius 2 is 1.42 bits per heavy atom. The fraction of sp³-hybridized carbons (Fsp3) is 0.333. The summed E-state index contributed by atoms with van der Waals surface area (Å²) < 4.78 is 15.5. The quantitative estimate of drug-likeness (QED) is 0.110. The molecular formula is C36H41N5O9. The van der Waals surface area contributed by atoms with Gasteiger partial charge < -0.3 is 41.6 Å². The number of anilines is 1. The van der Waals surface area contributed by atoms with Crippen LogP contribution in [0.4, 0.5) is 10.5 Å². The maximum absolute atomic E-state index is 13.0. The molecule has 14 nitrogen and oxygen atoms in total. The molecule has 0 saturated heterocycles. The van der Waals surface area contributed by atoms with Crippen LogP contribution in [0, 0.1) is 0 Å². The third-order valence-electron chi connectivity index (χ3n) is 7.98. The van der Waals surface area contributed by atoms with Crippen LogP contribution in [0.15, 0.2) is 72.8 Å². The van der Waals surface area contributed by atoms with Crippen LogP contribution in [0.3, 0.4) is 0 Å². The predicted octanol–water partition coefficient (Wildman–Crippen LogP) is 2.63. The fourth-order valence-electron chi connectivity index (χ4n) is 5.38. The monoisotopic (exact) mass is 687 g/mol. The van der Waals surface area contributed by atoms with Crippen molar-refractivity contribution in [1.29, 1.82) is 0 Å². The van der Waals surface area contributed by atoms with E-state index in [4.69, 9.17) is 25.7 Å². The number of hydrogen-bond donors (Lipinski definition) is 5. The third kappa shape index (κ3) is 10.1. The highest BCUT2D eigenvalue weighted by Crippen LogP contribution is 2.44. The summed E-state index contributed by atoms with van der Waals surface area (Å²) in [6, 6.07) is 18.7. The first-order valence-corrected chi connectivity index (χ1v) is 16.1. The first-order chi connectivity index (χ1) is 24.0. The molecule has 3 aromatic rings. The van der Waals surface area contributed by atoms with Gasteiger partial charge in [-0.15, -0.1) is 0 Å². The van der Waals surface area contributed by atoms with Gasteiger partial charge in [-0.1, -0.05) is 60.7 Å². The molecule has 0 fully saturated rings. The maximum Gasteiger partial charge on any atom is 0.407 e. The number of rotatable bonds is 16. The lowest BCUT2D eigenvalue weighted by Crippen LogP contribution is -2.52. The molecule has 0 heterocycles. The normalized spacial score (nSPS) is 13.4. The Bertz CT molecular complexity index is 1670. The zero-order valence-corrected chi connectivity index (χ0v) is 27.8. The molecule has 3 aromatic carbocycles.